The van der Waals surface area contributed by atoms with Crippen LogP contribution in [0.4, 0.5) is 0 Å². The first-order chi connectivity index (χ1) is 8.33. The molecule has 0 N–H and O–H groups in total. The maximum Gasteiger partial charge on any atom is 0.155 e. The topological polar surface area (TPSA) is 17.1 Å². The summed E-state index contributed by atoms with van der Waals surface area (Å²) in [6.07, 6.45) is 7.33. The van der Waals surface area contributed by atoms with Crippen LogP contribution in [0.25, 0.3) is 0 Å². The molecule has 0 aromatic heterocycles. The van der Waals surface area contributed by atoms with Gasteiger partial charge >= 0.3 is 0 Å². The Hall–Kier alpha value is -1.37. The Labute approximate surface area is 103 Å². The van der Waals surface area contributed by atoms with E-state index in [1.807, 2.05) is 6.08 Å². The van der Waals surface area contributed by atoms with Crippen molar-refractivity contribution in [2.24, 2.45) is 5.92 Å². The summed E-state index contributed by atoms with van der Waals surface area (Å²) in [5.41, 5.74) is 2.90. The van der Waals surface area contributed by atoms with Gasteiger partial charge in [-0.1, -0.05) is 35.9 Å². The molecule has 0 spiro atoms. The fourth-order valence-corrected chi connectivity index (χ4v) is 3.27. The zero-order valence-electron chi connectivity index (χ0n) is 10.1. The van der Waals surface area contributed by atoms with Gasteiger partial charge in [0.15, 0.2) is 5.78 Å². The van der Waals surface area contributed by atoms with Gasteiger partial charge in [-0.05, 0) is 49.2 Å². The van der Waals surface area contributed by atoms with Crippen LogP contribution in [0.1, 0.15) is 43.6 Å². The zero-order valence-corrected chi connectivity index (χ0v) is 10.1. The highest BCUT2D eigenvalue weighted by molar-refractivity contribution is 5.91. The van der Waals surface area contributed by atoms with Gasteiger partial charge in [0.2, 0.25) is 0 Å². The normalized spacial score (nSPS) is 28.5. The summed E-state index contributed by atoms with van der Waals surface area (Å²) >= 11 is 0. The van der Waals surface area contributed by atoms with Gasteiger partial charge in [0.25, 0.3) is 0 Å². The molecule has 1 aromatic carbocycles. The number of allylic oxidation sites excluding steroid dienone is 2. The Balaban J connectivity index is 1.77. The van der Waals surface area contributed by atoms with Crippen LogP contribution in [0, 0.1) is 5.92 Å². The summed E-state index contributed by atoms with van der Waals surface area (Å²) in [5, 5.41) is 0. The third-order valence-corrected chi connectivity index (χ3v) is 4.23. The lowest BCUT2D eigenvalue weighted by molar-refractivity contribution is -0.115. The number of hydrogen-bond donors (Lipinski definition) is 0. The molecule has 2 aliphatic carbocycles. The molecule has 0 bridgehead atoms. The van der Waals surface area contributed by atoms with Crippen molar-refractivity contribution >= 4 is 5.78 Å². The molecule has 1 saturated carbocycles. The number of benzene rings is 1. The van der Waals surface area contributed by atoms with Crippen molar-refractivity contribution in [1.82, 2.24) is 0 Å². The molecule has 1 heteroatoms. The summed E-state index contributed by atoms with van der Waals surface area (Å²) in [5.74, 6) is 1.72. The summed E-state index contributed by atoms with van der Waals surface area (Å²) in [6, 6.07) is 10.8. The van der Waals surface area contributed by atoms with Crippen molar-refractivity contribution in [2.75, 3.05) is 0 Å². The number of carbonyl (C=O) groups is 1. The number of fused-ring (bicyclic) bond motifs is 1. The lowest BCUT2D eigenvalue weighted by atomic mass is 9.71. The van der Waals surface area contributed by atoms with Gasteiger partial charge in [0.1, 0.15) is 0 Å². The molecule has 88 valence electrons. The predicted molar refractivity (Wildman–Crippen MR) is 68.8 cm³/mol. The Kier molecular flexibility index (Phi) is 2.84. The van der Waals surface area contributed by atoms with E-state index in [2.05, 4.69) is 30.3 Å². The smallest absolute Gasteiger partial charge is 0.155 e. The second kappa shape index (κ2) is 4.48. The van der Waals surface area contributed by atoms with E-state index in [1.54, 1.807) is 0 Å². The molecule has 1 fully saturated rings. The second-order valence-corrected chi connectivity index (χ2v) is 5.30. The number of ketones is 1. The molecular weight excluding hydrogens is 208 g/mol. The fraction of sp³-hybridized carbons (Fsp3) is 0.438. The summed E-state index contributed by atoms with van der Waals surface area (Å²) in [7, 11) is 0. The van der Waals surface area contributed by atoms with E-state index in [9.17, 15) is 4.79 Å². The van der Waals surface area contributed by atoms with Crippen LogP contribution in [0.2, 0.25) is 0 Å². The molecule has 0 aliphatic heterocycles. The molecular formula is C16H18O. The van der Waals surface area contributed by atoms with Gasteiger partial charge in [-0.2, -0.15) is 0 Å². The van der Waals surface area contributed by atoms with Gasteiger partial charge in [-0.25, -0.2) is 0 Å². The van der Waals surface area contributed by atoms with Gasteiger partial charge in [0.05, 0.1) is 0 Å². The van der Waals surface area contributed by atoms with Gasteiger partial charge in [0, 0.05) is 6.42 Å². The van der Waals surface area contributed by atoms with Crippen molar-refractivity contribution in [3.63, 3.8) is 0 Å². The van der Waals surface area contributed by atoms with E-state index in [0.29, 0.717) is 17.6 Å². The largest absolute Gasteiger partial charge is 0.295 e. The third kappa shape index (κ3) is 2.19. The average molecular weight is 226 g/mol. The molecule has 0 radical (unpaired) electrons. The van der Waals surface area contributed by atoms with Crippen LogP contribution in [0.3, 0.4) is 0 Å². The molecule has 0 amide bonds. The van der Waals surface area contributed by atoms with Crippen LogP contribution < -0.4 is 0 Å². The van der Waals surface area contributed by atoms with Gasteiger partial charge < -0.3 is 0 Å². The van der Waals surface area contributed by atoms with Crippen molar-refractivity contribution in [3.05, 3.63) is 47.5 Å². The second-order valence-electron chi connectivity index (χ2n) is 5.30. The lowest BCUT2D eigenvalue weighted by Gasteiger charge is -2.33. The summed E-state index contributed by atoms with van der Waals surface area (Å²) in [4.78, 5) is 11.4. The minimum Gasteiger partial charge on any atom is -0.295 e. The molecule has 2 aliphatic rings. The quantitative estimate of drug-likeness (QED) is 0.710. The molecule has 0 saturated heterocycles. The Morgan fingerprint density at radius 2 is 1.71 bits per heavy atom. The predicted octanol–water partition coefficient (Wildman–Crippen LogP) is 3.86. The fourth-order valence-electron chi connectivity index (χ4n) is 3.27. The van der Waals surface area contributed by atoms with Crippen molar-refractivity contribution in [2.45, 2.75) is 38.0 Å². The monoisotopic (exact) mass is 226 g/mol. The minimum absolute atomic E-state index is 0.342. The van der Waals surface area contributed by atoms with Gasteiger partial charge in [-0.3, -0.25) is 4.79 Å². The zero-order chi connectivity index (χ0) is 11.7. The first kappa shape index (κ1) is 10.8. The standard InChI is InChI=1S/C16H18O/c17-16-9-8-14-10-13(6-7-15(14)11-16)12-4-2-1-3-5-12/h1-5,11,13-14H,6-10H2. The van der Waals surface area contributed by atoms with E-state index in [0.717, 1.165) is 19.3 Å². The van der Waals surface area contributed by atoms with Gasteiger partial charge in [-0.15, -0.1) is 0 Å². The van der Waals surface area contributed by atoms with Crippen molar-refractivity contribution < 1.29 is 4.79 Å². The van der Waals surface area contributed by atoms with Crippen LogP contribution >= 0.6 is 0 Å². The summed E-state index contributed by atoms with van der Waals surface area (Å²) in [6.45, 7) is 0. The molecule has 3 rings (SSSR count). The Morgan fingerprint density at radius 1 is 0.941 bits per heavy atom. The molecule has 0 heterocycles. The molecule has 1 nitrogen and oxygen atoms in total. The van der Waals surface area contributed by atoms with E-state index in [-0.39, 0.29) is 0 Å². The minimum atomic E-state index is 0.342. The van der Waals surface area contributed by atoms with E-state index >= 15 is 0 Å². The van der Waals surface area contributed by atoms with Crippen LogP contribution in [-0.4, -0.2) is 5.78 Å². The number of rotatable bonds is 1. The highest BCUT2D eigenvalue weighted by atomic mass is 16.1. The lowest BCUT2D eigenvalue weighted by Crippen LogP contribution is -2.21. The average Bonchev–Trinajstić information content (AvgIpc) is 2.39. The van der Waals surface area contributed by atoms with Crippen LogP contribution in [0.15, 0.2) is 42.0 Å². The number of hydrogen-bond acceptors (Lipinski definition) is 1. The highest BCUT2D eigenvalue weighted by Crippen LogP contribution is 2.42. The maximum absolute atomic E-state index is 11.4. The third-order valence-electron chi connectivity index (χ3n) is 4.23. The van der Waals surface area contributed by atoms with Crippen molar-refractivity contribution in [3.8, 4) is 0 Å². The Bertz CT molecular complexity index is 444. The van der Waals surface area contributed by atoms with E-state index in [4.69, 9.17) is 0 Å². The Morgan fingerprint density at radius 3 is 2.53 bits per heavy atom. The van der Waals surface area contributed by atoms with E-state index in [1.165, 1.54) is 24.0 Å². The summed E-state index contributed by atoms with van der Waals surface area (Å²) < 4.78 is 0. The highest BCUT2D eigenvalue weighted by Gasteiger charge is 2.29. The SMILES string of the molecule is O=C1C=C2CCC(c3ccccc3)CC2CC1. The molecule has 2 unspecified atom stereocenters. The number of carbonyl (C=O) groups excluding carboxylic acids is 1. The van der Waals surface area contributed by atoms with Crippen molar-refractivity contribution in [1.29, 1.82) is 0 Å². The first-order valence-corrected chi connectivity index (χ1v) is 6.61. The van der Waals surface area contributed by atoms with E-state index < -0.39 is 0 Å². The molecule has 1 aromatic rings. The van der Waals surface area contributed by atoms with Crippen LogP contribution in [0.5, 0.6) is 0 Å². The molecule has 2 atom stereocenters. The molecule has 17 heavy (non-hydrogen) atoms. The first-order valence-electron chi connectivity index (χ1n) is 6.61. The maximum atomic E-state index is 11.4. The van der Waals surface area contributed by atoms with Crippen LogP contribution in [-0.2, 0) is 4.79 Å².